The van der Waals surface area contributed by atoms with Crippen molar-refractivity contribution in [2.24, 2.45) is 5.92 Å². The van der Waals surface area contributed by atoms with Gasteiger partial charge in [-0.25, -0.2) is 0 Å². The fourth-order valence-corrected chi connectivity index (χ4v) is 3.48. The number of rotatable bonds is 5. The minimum Gasteiger partial charge on any atom is -0.361 e. The summed E-state index contributed by atoms with van der Waals surface area (Å²) in [6, 6.07) is 6.21. The minimum absolute atomic E-state index is 0.0505. The monoisotopic (exact) mass is 353 g/mol. The SMILES string of the molecule is Cc1noc(C)c1CC(=O)NCc1ccc2c(c1)CN(C(=O)C1CC1)C2. The van der Waals surface area contributed by atoms with E-state index in [0.29, 0.717) is 25.4 Å². The Morgan fingerprint density at radius 1 is 1.23 bits per heavy atom. The number of benzene rings is 1. The second-order valence-corrected chi connectivity index (χ2v) is 7.33. The van der Waals surface area contributed by atoms with Crippen molar-refractivity contribution in [2.75, 3.05) is 0 Å². The number of carbonyl (C=O) groups is 2. The van der Waals surface area contributed by atoms with Crippen molar-refractivity contribution in [2.45, 2.75) is 52.7 Å². The highest BCUT2D eigenvalue weighted by Gasteiger charge is 2.35. The van der Waals surface area contributed by atoms with Gasteiger partial charge in [-0.05, 0) is 43.4 Å². The maximum Gasteiger partial charge on any atom is 0.226 e. The summed E-state index contributed by atoms with van der Waals surface area (Å²) in [6.07, 6.45) is 2.35. The average Bonchev–Trinajstić information content (AvgIpc) is 3.32. The van der Waals surface area contributed by atoms with Crippen LogP contribution in [-0.2, 0) is 35.6 Å². The smallest absolute Gasteiger partial charge is 0.226 e. The fraction of sp³-hybridized carbons (Fsp3) is 0.450. The molecule has 0 bridgehead atoms. The lowest BCUT2D eigenvalue weighted by Gasteiger charge is -2.14. The molecule has 2 heterocycles. The van der Waals surface area contributed by atoms with Crippen LogP contribution in [0.15, 0.2) is 22.7 Å². The maximum atomic E-state index is 12.2. The lowest BCUT2D eigenvalue weighted by atomic mass is 10.1. The highest BCUT2D eigenvalue weighted by Crippen LogP contribution is 2.34. The molecule has 1 saturated carbocycles. The molecule has 1 fully saturated rings. The standard InChI is InChI=1S/C20H23N3O3/c1-12-18(13(2)26-22-12)8-19(24)21-9-14-3-4-16-10-23(11-17(16)7-14)20(25)15-5-6-15/h3-4,7,15H,5-6,8-11H2,1-2H3,(H,21,24). The van der Waals surface area contributed by atoms with Crippen molar-refractivity contribution in [3.8, 4) is 0 Å². The van der Waals surface area contributed by atoms with Crippen molar-refractivity contribution in [3.05, 3.63) is 51.9 Å². The molecule has 6 heteroatoms. The summed E-state index contributed by atoms with van der Waals surface area (Å²) in [7, 11) is 0. The van der Waals surface area contributed by atoms with E-state index in [-0.39, 0.29) is 24.2 Å². The van der Waals surface area contributed by atoms with Crippen molar-refractivity contribution in [1.29, 1.82) is 0 Å². The number of nitrogens with one attached hydrogen (secondary N) is 1. The summed E-state index contributed by atoms with van der Waals surface area (Å²) in [5, 5.41) is 6.83. The average molecular weight is 353 g/mol. The first-order chi connectivity index (χ1) is 12.5. The Labute approximate surface area is 152 Å². The molecular weight excluding hydrogens is 330 g/mol. The molecule has 6 nitrogen and oxygen atoms in total. The van der Waals surface area contributed by atoms with Crippen molar-refractivity contribution < 1.29 is 14.1 Å². The van der Waals surface area contributed by atoms with E-state index in [1.54, 1.807) is 0 Å². The van der Waals surface area contributed by atoms with Crippen LogP contribution >= 0.6 is 0 Å². The van der Waals surface area contributed by atoms with Crippen molar-refractivity contribution in [3.63, 3.8) is 0 Å². The third kappa shape index (κ3) is 3.36. The van der Waals surface area contributed by atoms with Crippen LogP contribution in [0.4, 0.5) is 0 Å². The molecule has 2 aliphatic rings. The van der Waals surface area contributed by atoms with E-state index in [1.807, 2.05) is 24.8 Å². The van der Waals surface area contributed by atoms with Crippen molar-refractivity contribution in [1.82, 2.24) is 15.4 Å². The van der Waals surface area contributed by atoms with Gasteiger partial charge in [-0.1, -0.05) is 23.4 Å². The number of fused-ring (bicyclic) bond motifs is 1. The van der Waals surface area contributed by atoms with Gasteiger partial charge in [0.1, 0.15) is 5.76 Å². The minimum atomic E-state index is -0.0505. The Bertz CT molecular complexity index is 848. The quantitative estimate of drug-likeness (QED) is 0.896. The van der Waals surface area contributed by atoms with Crippen molar-refractivity contribution >= 4 is 11.8 Å². The topological polar surface area (TPSA) is 75.4 Å². The molecule has 1 aromatic heterocycles. The number of nitrogens with zero attached hydrogens (tertiary/aromatic N) is 2. The summed E-state index contributed by atoms with van der Waals surface area (Å²) in [5.41, 5.74) is 5.07. The molecule has 1 aromatic carbocycles. The molecule has 0 unspecified atom stereocenters. The van der Waals surface area contributed by atoms with E-state index in [4.69, 9.17) is 4.52 Å². The summed E-state index contributed by atoms with van der Waals surface area (Å²) in [4.78, 5) is 26.4. The van der Waals surface area contributed by atoms with Crippen LogP contribution in [0.25, 0.3) is 0 Å². The Morgan fingerprint density at radius 3 is 2.69 bits per heavy atom. The van der Waals surface area contributed by atoms with Crippen LogP contribution in [0.2, 0.25) is 0 Å². The molecule has 0 radical (unpaired) electrons. The molecule has 0 saturated heterocycles. The Balaban J connectivity index is 1.34. The normalized spacial score (nSPS) is 15.8. The van der Waals surface area contributed by atoms with Crippen LogP contribution in [0.5, 0.6) is 0 Å². The summed E-state index contributed by atoms with van der Waals surface area (Å²) in [5.74, 6) is 1.18. The number of amides is 2. The maximum absolute atomic E-state index is 12.2. The van der Waals surface area contributed by atoms with Crippen LogP contribution < -0.4 is 5.32 Å². The first-order valence-electron chi connectivity index (χ1n) is 9.09. The molecule has 2 amide bonds. The number of carbonyl (C=O) groups excluding carboxylic acids is 2. The summed E-state index contributed by atoms with van der Waals surface area (Å²) < 4.78 is 5.10. The van der Waals surface area contributed by atoms with Gasteiger partial charge in [0.2, 0.25) is 11.8 Å². The highest BCUT2D eigenvalue weighted by molar-refractivity contribution is 5.81. The molecular formula is C20H23N3O3. The van der Waals surface area contributed by atoms with E-state index >= 15 is 0 Å². The van der Waals surface area contributed by atoms with Gasteiger partial charge in [0.25, 0.3) is 0 Å². The zero-order valence-corrected chi connectivity index (χ0v) is 15.2. The van der Waals surface area contributed by atoms with E-state index in [1.165, 1.54) is 11.1 Å². The number of aromatic nitrogens is 1. The molecule has 1 aliphatic heterocycles. The molecule has 1 aliphatic carbocycles. The van der Waals surface area contributed by atoms with Gasteiger partial charge in [-0.3, -0.25) is 9.59 Å². The highest BCUT2D eigenvalue weighted by atomic mass is 16.5. The zero-order valence-electron chi connectivity index (χ0n) is 15.2. The first-order valence-corrected chi connectivity index (χ1v) is 9.09. The molecule has 1 N–H and O–H groups in total. The molecule has 4 rings (SSSR count). The zero-order chi connectivity index (χ0) is 18.3. The first kappa shape index (κ1) is 16.8. The van der Waals surface area contributed by atoms with Gasteiger partial charge >= 0.3 is 0 Å². The third-order valence-corrected chi connectivity index (χ3v) is 5.24. The molecule has 136 valence electrons. The van der Waals surface area contributed by atoms with Gasteiger partial charge < -0.3 is 14.7 Å². The number of hydrogen-bond acceptors (Lipinski definition) is 4. The van der Waals surface area contributed by atoms with Gasteiger partial charge in [-0.2, -0.15) is 0 Å². The predicted octanol–water partition coefficient (Wildman–Crippen LogP) is 2.40. The van der Waals surface area contributed by atoms with Crippen LogP contribution in [0, 0.1) is 19.8 Å². The molecule has 0 atom stereocenters. The number of hydrogen-bond donors (Lipinski definition) is 1. The Kier molecular flexibility index (Phi) is 4.26. The van der Waals surface area contributed by atoms with Crippen LogP contribution in [0.3, 0.4) is 0 Å². The Morgan fingerprint density at radius 2 is 2.00 bits per heavy atom. The largest absolute Gasteiger partial charge is 0.361 e. The second kappa shape index (κ2) is 6.59. The second-order valence-electron chi connectivity index (χ2n) is 7.33. The van der Waals surface area contributed by atoms with Crippen LogP contribution in [-0.4, -0.2) is 21.9 Å². The Hall–Kier alpha value is -2.63. The molecule has 26 heavy (non-hydrogen) atoms. The molecule has 0 spiro atoms. The van der Waals surface area contributed by atoms with E-state index in [0.717, 1.165) is 29.7 Å². The van der Waals surface area contributed by atoms with E-state index in [9.17, 15) is 9.59 Å². The lowest BCUT2D eigenvalue weighted by Crippen LogP contribution is -2.26. The van der Waals surface area contributed by atoms with E-state index < -0.39 is 0 Å². The van der Waals surface area contributed by atoms with Gasteiger partial charge in [0.05, 0.1) is 12.1 Å². The number of aryl methyl sites for hydroxylation is 2. The van der Waals surface area contributed by atoms with Gasteiger partial charge in [-0.15, -0.1) is 0 Å². The summed E-state index contributed by atoms with van der Waals surface area (Å²) in [6.45, 7) is 5.53. The predicted molar refractivity (Wildman–Crippen MR) is 94.9 cm³/mol. The van der Waals surface area contributed by atoms with Gasteiger partial charge in [0, 0.05) is 31.1 Å². The lowest BCUT2D eigenvalue weighted by molar-refractivity contribution is -0.133. The van der Waals surface area contributed by atoms with E-state index in [2.05, 4.69) is 22.6 Å². The third-order valence-electron chi connectivity index (χ3n) is 5.24. The van der Waals surface area contributed by atoms with Crippen LogP contribution in [0.1, 0.15) is 46.5 Å². The van der Waals surface area contributed by atoms with Gasteiger partial charge in [0.15, 0.2) is 0 Å². The molecule has 2 aromatic rings. The summed E-state index contributed by atoms with van der Waals surface area (Å²) >= 11 is 0. The fourth-order valence-electron chi connectivity index (χ4n) is 3.48.